The summed E-state index contributed by atoms with van der Waals surface area (Å²) in [6, 6.07) is 0.377. The van der Waals surface area contributed by atoms with Crippen LogP contribution in [0, 0.1) is 11.8 Å². The Morgan fingerprint density at radius 2 is 2.21 bits per heavy atom. The fraction of sp³-hybridized carbons (Fsp3) is 1.00. The van der Waals surface area contributed by atoms with E-state index in [1.54, 1.807) is 0 Å². The van der Waals surface area contributed by atoms with Gasteiger partial charge in [0.1, 0.15) is 0 Å². The number of nitrogens with zero attached hydrogens (tertiary/aromatic N) is 1. The maximum Gasteiger partial charge on any atom is 0.0900 e. The second-order valence-electron chi connectivity index (χ2n) is 6.32. The van der Waals surface area contributed by atoms with Crippen LogP contribution in [0.15, 0.2) is 0 Å². The summed E-state index contributed by atoms with van der Waals surface area (Å²) in [7, 11) is 0. The molecule has 0 aromatic rings. The van der Waals surface area contributed by atoms with Crippen molar-refractivity contribution in [3.8, 4) is 0 Å². The first kappa shape index (κ1) is 15.2. The average Bonchev–Trinajstić information content (AvgIpc) is 2.79. The monoisotopic (exact) mass is 270 g/mol. The zero-order valence-electron chi connectivity index (χ0n) is 12.3. The third kappa shape index (κ3) is 4.42. The molecule has 0 bridgehead atoms. The molecule has 2 rings (SSSR count). The van der Waals surface area contributed by atoms with Gasteiger partial charge < -0.3 is 20.5 Å². The molecule has 3 N–H and O–H groups in total. The van der Waals surface area contributed by atoms with Crippen LogP contribution < -0.4 is 5.73 Å². The van der Waals surface area contributed by atoms with Crippen LogP contribution >= 0.6 is 0 Å². The summed E-state index contributed by atoms with van der Waals surface area (Å²) in [4.78, 5) is 2.38. The lowest BCUT2D eigenvalue weighted by Gasteiger charge is -2.29. The summed E-state index contributed by atoms with van der Waals surface area (Å²) in [5.41, 5.74) is 6.21. The van der Waals surface area contributed by atoms with Gasteiger partial charge in [0.2, 0.25) is 0 Å². The standard InChI is InChI=1S/C15H30N2O2/c1-2-3-7-19-11-13(18)9-17-8-12-5-4-6-15(16)14(12)10-17/h12-15,18H,2-11,16H2,1H3. The van der Waals surface area contributed by atoms with E-state index in [4.69, 9.17) is 10.5 Å². The lowest BCUT2D eigenvalue weighted by molar-refractivity contribution is 0.0186. The van der Waals surface area contributed by atoms with E-state index in [2.05, 4.69) is 11.8 Å². The second kappa shape index (κ2) is 7.58. The molecule has 2 aliphatic rings. The third-order valence-electron chi connectivity index (χ3n) is 4.65. The molecular weight excluding hydrogens is 240 g/mol. The quantitative estimate of drug-likeness (QED) is 0.683. The number of fused-ring (bicyclic) bond motifs is 1. The van der Waals surface area contributed by atoms with E-state index >= 15 is 0 Å². The Labute approximate surface area is 117 Å². The van der Waals surface area contributed by atoms with Gasteiger partial charge in [-0.25, -0.2) is 0 Å². The van der Waals surface area contributed by atoms with Crippen molar-refractivity contribution in [3.05, 3.63) is 0 Å². The van der Waals surface area contributed by atoms with Crippen molar-refractivity contribution in [1.29, 1.82) is 0 Å². The smallest absolute Gasteiger partial charge is 0.0900 e. The lowest BCUT2D eigenvalue weighted by Crippen LogP contribution is -2.38. The van der Waals surface area contributed by atoms with Gasteiger partial charge in [-0.3, -0.25) is 0 Å². The predicted molar refractivity (Wildman–Crippen MR) is 77.0 cm³/mol. The van der Waals surface area contributed by atoms with E-state index in [1.165, 1.54) is 19.3 Å². The van der Waals surface area contributed by atoms with Crippen molar-refractivity contribution in [3.63, 3.8) is 0 Å². The Morgan fingerprint density at radius 1 is 1.37 bits per heavy atom. The summed E-state index contributed by atoms with van der Waals surface area (Å²) in [6.07, 6.45) is 5.64. The number of aliphatic hydroxyl groups excluding tert-OH is 1. The molecule has 0 spiro atoms. The van der Waals surface area contributed by atoms with E-state index < -0.39 is 0 Å². The van der Waals surface area contributed by atoms with Gasteiger partial charge in [0.05, 0.1) is 12.7 Å². The van der Waals surface area contributed by atoms with Crippen molar-refractivity contribution < 1.29 is 9.84 Å². The number of ether oxygens (including phenoxy) is 1. The summed E-state index contributed by atoms with van der Waals surface area (Å²) in [6.45, 7) is 6.31. The minimum atomic E-state index is -0.353. The van der Waals surface area contributed by atoms with Crippen LogP contribution in [-0.2, 0) is 4.74 Å². The normalized spacial score (nSPS) is 33.3. The molecule has 0 amide bonds. The number of hydrogen-bond donors (Lipinski definition) is 2. The molecule has 4 heteroatoms. The van der Waals surface area contributed by atoms with Gasteiger partial charge in [-0.15, -0.1) is 0 Å². The van der Waals surface area contributed by atoms with Gasteiger partial charge in [0.15, 0.2) is 0 Å². The number of hydrogen-bond acceptors (Lipinski definition) is 4. The topological polar surface area (TPSA) is 58.7 Å². The predicted octanol–water partition coefficient (Wildman–Crippen LogP) is 1.22. The first-order valence-electron chi connectivity index (χ1n) is 7.94. The summed E-state index contributed by atoms with van der Waals surface area (Å²) in [5, 5.41) is 10.0. The Hall–Kier alpha value is -0.160. The fourth-order valence-electron chi connectivity index (χ4n) is 3.57. The number of aliphatic hydroxyl groups is 1. The molecule has 0 aromatic carbocycles. The number of unbranched alkanes of at least 4 members (excludes halogenated alkanes) is 1. The number of rotatable bonds is 7. The average molecular weight is 270 g/mol. The molecule has 1 heterocycles. The highest BCUT2D eigenvalue weighted by Gasteiger charge is 2.38. The fourth-order valence-corrected chi connectivity index (χ4v) is 3.57. The van der Waals surface area contributed by atoms with Crippen molar-refractivity contribution >= 4 is 0 Å². The molecule has 4 nitrogen and oxygen atoms in total. The van der Waals surface area contributed by atoms with Crippen LogP contribution in [0.25, 0.3) is 0 Å². The minimum Gasteiger partial charge on any atom is -0.389 e. The van der Waals surface area contributed by atoms with Gasteiger partial charge in [-0.05, 0) is 31.1 Å². The Balaban J connectivity index is 1.66. The van der Waals surface area contributed by atoms with Gasteiger partial charge >= 0.3 is 0 Å². The molecule has 0 aromatic heterocycles. The molecule has 4 unspecified atom stereocenters. The number of likely N-dealkylation sites (tertiary alicyclic amines) is 1. The lowest BCUT2D eigenvalue weighted by atomic mass is 9.78. The van der Waals surface area contributed by atoms with Gasteiger partial charge in [-0.1, -0.05) is 19.8 Å². The van der Waals surface area contributed by atoms with E-state index in [0.717, 1.165) is 45.0 Å². The van der Waals surface area contributed by atoms with E-state index in [-0.39, 0.29) is 6.10 Å². The highest BCUT2D eigenvalue weighted by Crippen LogP contribution is 2.35. The molecule has 4 atom stereocenters. The zero-order valence-corrected chi connectivity index (χ0v) is 12.3. The molecule has 2 fully saturated rings. The molecule has 1 aliphatic heterocycles. The molecule has 1 saturated heterocycles. The largest absolute Gasteiger partial charge is 0.389 e. The Kier molecular flexibility index (Phi) is 6.07. The molecule has 1 saturated carbocycles. The molecule has 19 heavy (non-hydrogen) atoms. The van der Waals surface area contributed by atoms with Crippen LogP contribution in [0.3, 0.4) is 0 Å². The van der Waals surface area contributed by atoms with Gasteiger partial charge in [0, 0.05) is 32.3 Å². The van der Waals surface area contributed by atoms with E-state index in [9.17, 15) is 5.11 Å². The first-order chi connectivity index (χ1) is 9.20. The van der Waals surface area contributed by atoms with Crippen molar-refractivity contribution in [1.82, 2.24) is 4.90 Å². The summed E-state index contributed by atoms with van der Waals surface area (Å²) < 4.78 is 5.48. The maximum atomic E-state index is 10.0. The highest BCUT2D eigenvalue weighted by atomic mass is 16.5. The van der Waals surface area contributed by atoms with E-state index in [1.807, 2.05) is 0 Å². The van der Waals surface area contributed by atoms with Crippen LogP contribution in [0.5, 0.6) is 0 Å². The van der Waals surface area contributed by atoms with Gasteiger partial charge in [-0.2, -0.15) is 0 Å². The van der Waals surface area contributed by atoms with Crippen molar-refractivity contribution in [2.45, 2.75) is 51.2 Å². The third-order valence-corrected chi connectivity index (χ3v) is 4.65. The number of β-amino-alcohol motifs (C(OH)–C–C–N with tert-alkyl or cyclic N) is 1. The minimum absolute atomic E-state index is 0.353. The van der Waals surface area contributed by atoms with Crippen LogP contribution in [-0.4, -0.2) is 55.0 Å². The molecule has 1 aliphatic carbocycles. The van der Waals surface area contributed by atoms with Crippen LogP contribution in [0.4, 0.5) is 0 Å². The summed E-state index contributed by atoms with van der Waals surface area (Å²) in [5.74, 6) is 1.42. The second-order valence-corrected chi connectivity index (χ2v) is 6.32. The van der Waals surface area contributed by atoms with Gasteiger partial charge in [0.25, 0.3) is 0 Å². The highest BCUT2D eigenvalue weighted by molar-refractivity contribution is 4.93. The Bertz CT molecular complexity index is 263. The SMILES string of the molecule is CCCCOCC(O)CN1CC2CCCC(N)C2C1. The first-order valence-corrected chi connectivity index (χ1v) is 7.94. The molecule has 0 radical (unpaired) electrons. The molecular formula is C15H30N2O2. The summed E-state index contributed by atoms with van der Waals surface area (Å²) >= 11 is 0. The molecule has 112 valence electrons. The zero-order chi connectivity index (χ0) is 13.7. The van der Waals surface area contributed by atoms with Crippen molar-refractivity contribution in [2.24, 2.45) is 17.6 Å². The van der Waals surface area contributed by atoms with Crippen LogP contribution in [0.1, 0.15) is 39.0 Å². The van der Waals surface area contributed by atoms with Crippen molar-refractivity contribution in [2.75, 3.05) is 32.8 Å². The number of nitrogens with two attached hydrogens (primary N) is 1. The maximum absolute atomic E-state index is 10.0. The van der Waals surface area contributed by atoms with E-state index in [0.29, 0.717) is 18.6 Å². The van der Waals surface area contributed by atoms with Crippen LogP contribution in [0.2, 0.25) is 0 Å². The Morgan fingerprint density at radius 3 is 2.95 bits per heavy atom.